The molecule has 2 N–H and O–H groups in total. The van der Waals surface area contributed by atoms with Crippen molar-refractivity contribution in [2.45, 2.75) is 38.6 Å². The van der Waals surface area contributed by atoms with Crippen molar-refractivity contribution in [1.82, 2.24) is 4.90 Å². The summed E-state index contributed by atoms with van der Waals surface area (Å²) in [4.78, 5) is 25.0. The number of piperidine rings is 1. The smallest absolute Gasteiger partial charge is 0.305 e. The molecule has 1 aliphatic heterocycles. The number of aliphatic carboxylic acids is 1. The fraction of sp³-hybridized carbons (Fsp3) is 0.467. The van der Waals surface area contributed by atoms with Gasteiger partial charge in [-0.3, -0.25) is 9.59 Å². The quantitative estimate of drug-likeness (QED) is 0.887. The van der Waals surface area contributed by atoms with Crippen molar-refractivity contribution in [1.29, 1.82) is 0 Å². The summed E-state index contributed by atoms with van der Waals surface area (Å²) in [6.07, 6.45) is 2.53. The Hall–Kier alpha value is -2.04. The molecule has 0 aromatic heterocycles. The number of carboxylic acid groups (broad SMARTS) is 1. The van der Waals surface area contributed by atoms with E-state index in [2.05, 4.69) is 0 Å². The number of aromatic hydroxyl groups is 1. The molecule has 1 heterocycles. The van der Waals surface area contributed by atoms with E-state index in [1.54, 1.807) is 24.0 Å². The molecule has 1 aromatic carbocycles. The molecular weight excluding hydrogens is 258 g/mol. The van der Waals surface area contributed by atoms with Crippen molar-refractivity contribution in [2.24, 2.45) is 0 Å². The Morgan fingerprint density at radius 2 is 2.10 bits per heavy atom. The summed E-state index contributed by atoms with van der Waals surface area (Å²) in [5.74, 6) is -1.00. The third-order valence-corrected chi connectivity index (χ3v) is 3.75. The Morgan fingerprint density at radius 3 is 2.75 bits per heavy atom. The minimum Gasteiger partial charge on any atom is -0.508 e. The molecular formula is C15H19NO4. The second-order valence-electron chi connectivity index (χ2n) is 5.25. The summed E-state index contributed by atoms with van der Waals surface area (Å²) >= 11 is 0. The average Bonchev–Trinajstić information content (AvgIpc) is 2.41. The number of phenols is 1. The van der Waals surface area contributed by atoms with Crippen molar-refractivity contribution in [3.63, 3.8) is 0 Å². The number of hydrogen-bond donors (Lipinski definition) is 2. The van der Waals surface area contributed by atoms with Crippen molar-refractivity contribution in [3.8, 4) is 5.75 Å². The lowest BCUT2D eigenvalue weighted by atomic mass is 9.98. The van der Waals surface area contributed by atoms with E-state index in [9.17, 15) is 14.7 Å². The van der Waals surface area contributed by atoms with E-state index in [1.807, 2.05) is 0 Å². The molecule has 1 fully saturated rings. The van der Waals surface area contributed by atoms with E-state index >= 15 is 0 Å². The highest BCUT2D eigenvalue weighted by Gasteiger charge is 2.29. The Labute approximate surface area is 117 Å². The molecule has 0 saturated carbocycles. The molecule has 1 amide bonds. The molecule has 0 aliphatic carbocycles. The monoisotopic (exact) mass is 277 g/mol. The van der Waals surface area contributed by atoms with Gasteiger partial charge in [0, 0.05) is 18.2 Å². The molecule has 1 aromatic rings. The van der Waals surface area contributed by atoms with E-state index in [0.29, 0.717) is 17.7 Å². The number of phenolic OH excluding ortho intramolecular Hbond substituents is 1. The van der Waals surface area contributed by atoms with Gasteiger partial charge in [0.05, 0.1) is 6.42 Å². The largest absolute Gasteiger partial charge is 0.508 e. The molecule has 1 aliphatic rings. The Morgan fingerprint density at radius 1 is 1.35 bits per heavy atom. The molecule has 20 heavy (non-hydrogen) atoms. The van der Waals surface area contributed by atoms with Crippen LogP contribution in [0.25, 0.3) is 0 Å². The van der Waals surface area contributed by atoms with E-state index < -0.39 is 5.97 Å². The van der Waals surface area contributed by atoms with Gasteiger partial charge in [-0.15, -0.1) is 0 Å². The number of hydrogen-bond acceptors (Lipinski definition) is 3. The highest BCUT2D eigenvalue weighted by molar-refractivity contribution is 5.95. The third-order valence-electron chi connectivity index (χ3n) is 3.75. The summed E-state index contributed by atoms with van der Waals surface area (Å²) < 4.78 is 0. The number of carbonyl (C=O) groups excluding carboxylic acids is 1. The van der Waals surface area contributed by atoms with Crippen LogP contribution in [0.1, 0.15) is 41.6 Å². The summed E-state index contributed by atoms with van der Waals surface area (Å²) in [6, 6.07) is 4.56. The summed E-state index contributed by atoms with van der Waals surface area (Å²) in [6.45, 7) is 2.34. The van der Waals surface area contributed by atoms with Crippen LogP contribution < -0.4 is 0 Å². The van der Waals surface area contributed by atoms with E-state index in [4.69, 9.17) is 5.11 Å². The van der Waals surface area contributed by atoms with Gasteiger partial charge in [0.2, 0.25) is 0 Å². The molecule has 2 rings (SSSR count). The number of rotatable bonds is 3. The molecule has 0 bridgehead atoms. The van der Waals surface area contributed by atoms with Gasteiger partial charge in [0.25, 0.3) is 5.91 Å². The fourth-order valence-corrected chi connectivity index (χ4v) is 2.59. The van der Waals surface area contributed by atoms with Gasteiger partial charge in [-0.2, -0.15) is 0 Å². The molecule has 0 spiro atoms. The summed E-state index contributed by atoms with van der Waals surface area (Å²) in [5, 5.41) is 18.6. The Balaban J connectivity index is 2.20. The SMILES string of the molecule is Cc1ccc(C(=O)N2CCCCC2CC(=O)O)cc1O. The second-order valence-corrected chi connectivity index (χ2v) is 5.25. The zero-order valence-electron chi connectivity index (χ0n) is 11.5. The second kappa shape index (κ2) is 5.94. The minimum absolute atomic E-state index is 0.0242. The molecule has 0 radical (unpaired) electrons. The number of aryl methyl sites for hydroxylation is 1. The van der Waals surface area contributed by atoms with Gasteiger partial charge in [-0.05, 0) is 43.9 Å². The zero-order chi connectivity index (χ0) is 14.7. The third kappa shape index (κ3) is 3.10. The van der Waals surface area contributed by atoms with Crippen LogP contribution in [0.5, 0.6) is 5.75 Å². The Kier molecular flexibility index (Phi) is 4.27. The van der Waals surface area contributed by atoms with Gasteiger partial charge in [0.15, 0.2) is 0 Å². The van der Waals surface area contributed by atoms with Crippen LogP contribution in [0, 0.1) is 6.92 Å². The van der Waals surface area contributed by atoms with Crippen LogP contribution in [0.2, 0.25) is 0 Å². The number of amides is 1. The van der Waals surface area contributed by atoms with Crippen molar-refractivity contribution >= 4 is 11.9 Å². The maximum Gasteiger partial charge on any atom is 0.305 e. The first kappa shape index (κ1) is 14.4. The topological polar surface area (TPSA) is 77.8 Å². The maximum absolute atomic E-state index is 12.5. The lowest BCUT2D eigenvalue weighted by Crippen LogP contribution is -2.44. The van der Waals surface area contributed by atoms with Gasteiger partial charge in [0.1, 0.15) is 5.75 Å². The van der Waals surface area contributed by atoms with Crippen molar-refractivity contribution in [2.75, 3.05) is 6.54 Å². The van der Waals surface area contributed by atoms with Gasteiger partial charge in [-0.25, -0.2) is 0 Å². The first-order valence-electron chi connectivity index (χ1n) is 6.81. The number of benzene rings is 1. The summed E-state index contributed by atoms with van der Waals surface area (Å²) in [7, 11) is 0. The van der Waals surface area contributed by atoms with Crippen molar-refractivity contribution < 1.29 is 19.8 Å². The predicted octanol–water partition coefficient (Wildman–Crippen LogP) is 2.17. The first-order chi connectivity index (χ1) is 9.49. The molecule has 108 valence electrons. The normalized spacial score (nSPS) is 18.9. The van der Waals surface area contributed by atoms with Crippen LogP contribution in [-0.4, -0.2) is 39.6 Å². The van der Waals surface area contributed by atoms with Gasteiger partial charge >= 0.3 is 5.97 Å². The van der Waals surface area contributed by atoms with Crippen LogP contribution in [0.15, 0.2) is 18.2 Å². The number of nitrogens with zero attached hydrogens (tertiary/aromatic N) is 1. The number of likely N-dealkylation sites (tertiary alicyclic amines) is 1. The van der Waals surface area contributed by atoms with Gasteiger partial charge < -0.3 is 15.1 Å². The van der Waals surface area contributed by atoms with E-state index in [0.717, 1.165) is 19.3 Å². The van der Waals surface area contributed by atoms with Crippen molar-refractivity contribution in [3.05, 3.63) is 29.3 Å². The van der Waals surface area contributed by atoms with Crippen LogP contribution in [0.4, 0.5) is 0 Å². The molecule has 1 unspecified atom stereocenters. The molecule has 1 saturated heterocycles. The van der Waals surface area contributed by atoms with Crippen LogP contribution >= 0.6 is 0 Å². The van der Waals surface area contributed by atoms with Gasteiger partial charge in [-0.1, -0.05) is 6.07 Å². The number of carbonyl (C=O) groups is 2. The van der Waals surface area contributed by atoms with E-state index in [1.165, 1.54) is 6.07 Å². The lowest BCUT2D eigenvalue weighted by molar-refractivity contribution is -0.138. The molecule has 5 nitrogen and oxygen atoms in total. The maximum atomic E-state index is 12.5. The first-order valence-corrected chi connectivity index (χ1v) is 6.81. The van der Waals surface area contributed by atoms with Crippen LogP contribution in [-0.2, 0) is 4.79 Å². The fourth-order valence-electron chi connectivity index (χ4n) is 2.59. The Bertz CT molecular complexity index is 527. The minimum atomic E-state index is -0.888. The molecule has 1 atom stereocenters. The lowest BCUT2D eigenvalue weighted by Gasteiger charge is -2.35. The summed E-state index contributed by atoms with van der Waals surface area (Å²) in [5.41, 5.74) is 1.12. The standard InChI is InChI=1S/C15H19NO4/c1-10-5-6-11(8-13(10)17)15(20)16-7-3-2-4-12(16)9-14(18)19/h5-6,8,12,17H,2-4,7,9H2,1H3,(H,18,19). The zero-order valence-corrected chi connectivity index (χ0v) is 11.5. The van der Waals surface area contributed by atoms with Crippen LogP contribution in [0.3, 0.4) is 0 Å². The average molecular weight is 277 g/mol. The molecule has 5 heteroatoms. The number of carboxylic acids is 1. The highest BCUT2D eigenvalue weighted by Crippen LogP contribution is 2.24. The van der Waals surface area contributed by atoms with E-state index in [-0.39, 0.29) is 24.1 Å². The predicted molar refractivity (Wildman–Crippen MR) is 73.8 cm³/mol. The highest BCUT2D eigenvalue weighted by atomic mass is 16.4.